The number of benzene rings is 1. The molecule has 1 amide bonds. The van der Waals surface area contributed by atoms with Crippen LogP contribution in [0.2, 0.25) is 0 Å². The molecule has 2 rings (SSSR count). The van der Waals surface area contributed by atoms with Crippen molar-refractivity contribution < 1.29 is 4.79 Å². The molecular weight excluding hydrogens is 240 g/mol. The van der Waals surface area contributed by atoms with E-state index in [9.17, 15) is 4.79 Å². The number of carbonyl (C=O) groups is 1. The normalized spacial score (nSPS) is 10.4. The second kappa shape index (κ2) is 6.70. The Hall–Kier alpha value is -2.14. The molecule has 0 aliphatic rings. The van der Waals surface area contributed by atoms with Crippen LogP contribution in [-0.2, 0) is 12.8 Å². The molecule has 0 saturated carbocycles. The van der Waals surface area contributed by atoms with Gasteiger partial charge in [-0.25, -0.2) is 4.98 Å². The van der Waals surface area contributed by atoms with E-state index in [1.54, 1.807) is 12.4 Å². The van der Waals surface area contributed by atoms with Crippen molar-refractivity contribution in [3.8, 4) is 0 Å². The molecular formula is C14H18N4O. The van der Waals surface area contributed by atoms with Gasteiger partial charge in [-0.05, 0) is 30.7 Å². The third-order valence-electron chi connectivity index (χ3n) is 2.82. The minimum atomic E-state index is -0.0644. The van der Waals surface area contributed by atoms with Gasteiger partial charge in [0.15, 0.2) is 0 Å². The molecule has 0 bridgehead atoms. The van der Waals surface area contributed by atoms with E-state index in [0.717, 1.165) is 17.8 Å². The highest BCUT2D eigenvalue weighted by Crippen LogP contribution is 2.05. The summed E-state index contributed by atoms with van der Waals surface area (Å²) in [5.41, 5.74) is 7.27. The highest BCUT2D eigenvalue weighted by atomic mass is 16.1. The van der Waals surface area contributed by atoms with Gasteiger partial charge in [-0.1, -0.05) is 12.1 Å². The Bertz CT molecular complexity index is 522. The summed E-state index contributed by atoms with van der Waals surface area (Å²) < 4.78 is 0. The van der Waals surface area contributed by atoms with Crippen LogP contribution in [0.25, 0.3) is 0 Å². The predicted octanol–water partition coefficient (Wildman–Crippen LogP) is 0.883. The maximum Gasteiger partial charge on any atom is 0.251 e. The van der Waals surface area contributed by atoms with Crippen LogP contribution in [0.15, 0.2) is 36.7 Å². The van der Waals surface area contributed by atoms with E-state index in [1.165, 1.54) is 0 Å². The third-order valence-corrected chi connectivity index (χ3v) is 2.82. The van der Waals surface area contributed by atoms with E-state index < -0.39 is 0 Å². The molecule has 1 aromatic carbocycles. The van der Waals surface area contributed by atoms with Crippen LogP contribution < -0.4 is 11.1 Å². The highest BCUT2D eigenvalue weighted by molar-refractivity contribution is 5.94. The van der Waals surface area contributed by atoms with Crippen LogP contribution in [0.4, 0.5) is 0 Å². The monoisotopic (exact) mass is 258 g/mol. The fourth-order valence-corrected chi connectivity index (χ4v) is 1.87. The smallest absolute Gasteiger partial charge is 0.251 e. The topological polar surface area (TPSA) is 83.8 Å². The number of carbonyl (C=O) groups excluding carboxylic acids is 1. The van der Waals surface area contributed by atoms with E-state index in [-0.39, 0.29) is 5.91 Å². The Balaban J connectivity index is 1.87. The molecule has 0 saturated heterocycles. The lowest BCUT2D eigenvalue weighted by molar-refractivity contribution is 0.0954. The van der Waals surface area contributed by atoms with Gasteiger partial charge in [0.05, 0.1) is 0 Å². The first kappa shape index (κ1) is 13.3. The molecule has 1 aromatic heterocycles. The Morgan fingerprint density at radius 3 is 3.00 bits per heavy atom. The van der Waals surface area contributed by atoms with Crippen molar-refractivity contribution >= 4 is 5.91 Å². The molecule has 0 unspecified atom stereocenters. The molecule has 0 aliphatic heterocycles. The maximum atomic E-state index is 12.0. The SMILES string of the molecule is NCCc1cccc(C(=O)NCCc2ncc[nH]2)c1. The molecule has 2 aromatic rings. The van der Waals surface area contributed by atoms with Crippen LogP contribution in [0.5, 0.6) is 0 Å². The average Bonchev–Trinajstić information content (AvgIpc) is 2.92. The van der Waals surface area contributed by atoms with Crippen LogP contribution in [0.1, 0.15) is 21.7 Å². The summed E-state index contributed by atoms with van der Waals surface area (Å²) >= 11 is 0. The predicted molar refractivity (Wildman–Crippen MR) is 73.8 cm³/mol. The van der Waals surface area contributed by atoms with Gasteiger partial charge in [-0.2, -0.15) is 0 Å². The molecule has 0 aliphatic carbocycles. The molecule has 100 valence electrons. The Morgan fingerprint density at radius 2 is 2.26 bits per heavy atom. The van der Waals surface area contributed by atoms with Crippen molar-refractivity contribution in [2.24, 2.45) is 5.73 Å². The molecule has 0 radical (unpaired) electrons. The standard InChI is InChI=1S/C14H18N4O/c15-6-4-11-2-1-3-12(10-11)14(19)18-7-5-13-16-8-9-17-13/h1-3,8-10H,4-7,15H2,(H,16,17)(H,18,19). The van der Waals surface area contributed by atoms with Crippen molar-refractivity contribution in [2.45, 2.75) is 12.8 Å². The molecule has 19 heavy (non-hydrogen) atoms. The first-order valence-corrected chi connectivity index (χ1v) is 6.35. The number of nitrogens with zero attached hydrogens (tertiary/aromatic N) is 1. The summed E-state index contributed by atoms with van der Waals surface area (Å²) in [4.78, 5) is 19.1. The molecule has 5 nitrogen and oxygen atoms in total. The van der Waals surface area contributed by atoms with Gasteiger partial charge in [-0.15, -0.1) is 0 Å². The van der Waals surface area contributed by atoms with E-state index in [4.69, 9.17) is 5.73 Å². The number of nitrogens with one attached hydrogen (secondary N) is 2. The maximum absolute atomic E-state index is 12.0. The molecule has 4 N–H and O–H groups in total. The number of imidazole rings is 1. The summed E-state index contributed by atoms with van der Waals surface area (Å²) in [5.74, 6) is 0.808. The fraction of sp³-hybridized carbons (Fsp3) is 0.286. The summed E-state index contributed by atoms with van der Waals surface area (Å²) in [6.45, 7) is 1.15. The zero-order valence-corrected chi connectivity index (χ0v) is 10.7. The van der Waals surface area contributed by atoms with Gasteiger partial charge in [-0.3, -0.25) is 4.79 Å². The van der Waals surface area contributed by atoms with Crippen molar-refractivity contribution in [1.82, 2.24) is 15.3 Å². The quantitative estimate of drug-likeness (QED) is 0.719. The van der Waals surface area contributed by atoms with Crippen LogP contribution in [0.3, 0.4) is 0 Å². The Labute approximate surface area is 112 Å². The molecule has 5 heteroatoms. The largest absolute Gasteiger partial charge is 0.352 e. The summed E-state index contributed by atoms with van der Waals surface area (Å²) in [7, 11) is 0. The Kier molecular flexibility index (Phi) is 4.69. The van der Waals surface area contributed by atoms with E-state index in [0.29, 0.717) is 25.1 Å². The summed E-state index contributed by atoms with van der Waals surface area (Å²) in [6, 6.07) is 7.55. The lowest BCUT2D eigenvalue weighted by atomic mass is 10.1. The van der Waals surface area contributed by atoms with E-state index >= 15 is 0 Å². The second-order valence-electron chi connectivity index (χ2n) is 4.28. The summed E-state index contributed by atoms with van der Waals surface area (Å²) in [5, 5.41) is 2.88. The zero-order valence-electron chi connectivity index (χ0n) is 10.7. The number of aromatic amines is 1. The van der Waals surface area contributed by atoms with Crippen molar-refractivity contribution in [3.05, 3.63) is 53.6 Å². The minimum Gasteiger partial charge on any atom is -0.352 e. The van der Waals surface area contributed by atoms with E-state index in [1.807, 2.05) is 24.3 Å². The molecule has 0 fully saturated rings. The number of aromatic nitrogens is 2. The lowest BCUT2D eigenvalue weighted by Crippen LogP contribution is -2.26. The number of rotatable bonds is 6. The summed E-state index contributed by atoms with van der Waals surface area (Å²) in [6.07, 6.45) is 4.95. The first-order chi connectivity index (χ1) is 9.29. The number of H-pyrrole nitrogens is 1. The second-order valence-corrected chi connectivity index (χ2v) is 4.28. The third kappa shape index (κ3) is 3.93. The van der Waals surface area contributed by atoms with Gasteiger partial charge >= 0.3 is 0 Å². The van der Waals surface area contributed by atoms with E-state index in [2.05, 4.69) is 15.3 Å². The number of nitrogens with two attached hydrogens (primary N) is 1. The number of hydrogen-bond donors (Lipinski definition) is 3. The first-order valence-electron chi connectivity index (χ1n) is 6.35. The van der Waals surface area contributed by atoms with Crippen LogP contribution >= 0.6 is 0 Å². The Morgan fingerprint density at radius 1 is 1.37 bits per heavy atom. The van der Waals surface area contributed by atoms with Crippen molar-refractivity contribution in [1.29, 1.82) is 0 Å². The molecule has 0 spiro atoms. The number of amides is 1. The van der Waals surface area contributed by atoms with Gasteiger partial charge in [0.1, 0.15) is 5.82 Å². The highest BCUT2D eigenvalue weighted by Gasteiger charge is 2.05. The molecule has 1 heterocycles. The van der Waals surface area contributed by atoms with Gasteiger partial charge in [0, 0.05) is 30.9 Å². The van der Waals surface area contributed by atoms with Crippen LogP contribution in [-0.4, -0.2) is 29.0 Å². The van der Waals surface area contributed by atoms with Crippen LogP contribution in [0, 0.1) is 0 Å². The average molecular weight is 258 g/mol. The van der Waals surface area contributed by atoms with Gasteiger partial charge < -0.3 is 16.0 Å². The zero-order chi connectivity index (χ0) is 13.5. The van der Waals surface area contributed by atoms with Crippen molar-refractivity contribution in [2.75, 3.05) is 13.1 Å². The van der Waals surface area contributed by atoms with Crippen molar-refractivity contribution in [3.63, 3.8) is 0 Å². The molecule has 0 atom stereocenters. The minimum absolute atomic E-state index is 0.0644. The van der Waals surface area contributed by atoms with Gasteiger partial charge in [0.25, 0.3) is 5.91 Å². The fourth-order valence-electron chi connectivity index (χ4n) is 1.87. The number of hydrogen-bond acceptors (Lipinski definition) is 3. The lowest BCUT2D eigenvalue weighted by Gasteiger charge is -2.06. The van der Waals surface area contributed by atoms with Gasteiger partial charge in [0.2, 0.25) is 0 Å².